The van der Waals surface area contributed by atoms with Gasteiger partial charge in [0, 0.05) is 45.9 Å². The molecule has 5 heteroatoms. The van der Waals surface area contributed by atoms with Crippen molar-refractivity contribution in [1.29, 1.82) is 0 Å². The van der Waals surface area contributed by atoms with Gasteiger partial charge in [-0.3, -0.25) is 4.57 Å². The summed E-state index contributed by atoms with van der Waals surface area (Å²) in [6.07, 6.45) is 1.93. The van der Waals surface area contributed by atoms with Gasteiger partial charge >= 0.3 is 0 Å². The number of aromatic nitrogens is 2. The molecule has 0 N–H and O–H groups in total. The largest absolute Gasteiger partial charge is 0.457 e. The number of hydrogen-bond acceptors (Lipinski definition) is 4. The lowest BCUT2D eigenvalue weighted by molar-refractivity contribution is 0.479. The van der Waals surface area contributed by atoms with Crippen LogP contribution in [0, 0.1) is 13.8 Å². The molecule has 302 valence electrons. The smallest absolute Gasteiger partial charge is 0.137 e. The Morgan fingerprint density at radius 1 is 0.483 bits per heavy atom. The van der Waals surface area contributed by atoms with Crippen molar-refractivity contribution in [2.45, 2.75) is 85.5 Å². The zero-order valence-corrected chi connectivity index (χ0v) is 36.8. The van der Waals surface area contributed by atoms with E-state index in [9.17, 15) is 0 Å². The van der Waals surface area contributed by atoms with Crippen LogP contribution in [0.15, 0.2) is 146 Å². The molecule has 0 atom stereocenters. The molecule has 3 heterocycles. The Balaban J connectivity index is 1.13. The van der Waals surface area contributed by atoms with Crippen LogP contribution in [0.2, 0.25) is 0 Å². The lowest BCUT2D eigenvalue weighted by Gasteiger charge is -2.29. The first-order valence-electron chi connectivity index (χ1n) is 21.2. The van der Waals surface area contributed by atoms with Crippen LogP contribution in [0.3, 0.4) is 0 Å². The molecule has 0 spiro atoms. The zero-order valence-electron chi connectivity index (χ0n) is 36.8. The maximum atomic E-state index is 6.95. The third-order valence-corrected chi connectivity index (χ3v) is 12.6. The summed E-state index contributed by atoms with van der Waals surface area (Å²) < 4.78 is 9.23. The molecule has 0 saturated carbocycles. The van der Waals surface area contributed by atoms with Crippen LogP contribution in [-0.4, -0.2) is 16.2 Å². The SMILES string of the molecule is Cc1cc2c(cc1C)N(c1cccc(C(C)(C)c3ccccc3)c1)CN2c1cc(Oc2ccc3c4ccccc4n(-c4cc(C(C)(C)C)ccn4)c3c2)cc(C(C)(C)C)c1. The maximum Gasteiger partial charge on any atom is 0.137 e. The van der Waals surface area contributed by atoms with Gasteiger partial charge in [-0.1, -0.05) is 116 Å². The first kappa shape index (κ1) is 39.1. The maximum absolute atomic E-state index is 6.95. The number of para-hydroxylation sites is 1. The quantitative estimate of drug-likeness (QED) is 0.161. The molecule has 0 bridgehead atoms. The summed E-state index contributed by atoms with van der Waals surface area (Å²) in [5, 5.41) is 2.36. The highest BCUT2D eigenvalue weighted by molar-refractivity contribution is 6.09. The molecule has 0 fully saturated rings. The van der Waals surface area contributed by atoms with Crippen molar-refractivity contribution in [1.82, 2.24) is 9.55 Å². The van der Waals surface area contributed by atoms with Crippen molar-refractivity contribution < 1.29 is 4.74 Å². The molecule has 0 saturated heterocycles. The standard InChI is InChI=1S/C55H56N4O/c1-36-27-50-51(28-37(36)2)58(35-57(50)42-20-16-19-40(29-42)55(9,10)38-17-12-11-13-18-38)43-30-41(54(6,7)8)31-45(33-43)60-44-23-24-47-46-21-14-15-22-48(46)59(49(47)34-44)52-32-39(25-26-56-52)53(3,4)5/h11-34H,35H2,1-10H3. The van der Waals surface area contributed by atoms with E-state index in [-0.39, 0.29) is 16.2 Å². The van der Waals surface area contributed by atoms with Gasteiger partial charge in [-0.05, 0) is 125 Å². The van der Waals surface area contributed by atoms with Crippen LogP contribution in [0.4, 0.5) is 22.7 Å². The monoisotopic (exact) mass is 788 g/mol. The summed E-state index contributed by atoms with van der Waals surface area (Å²) in [4.78, 5) is 9.82. The van der Waals surface area contributed by atoms with Crippen LogP contribution < -0.4 is 14.5 Å². The molecule has 6 aromatic carbocycles. The van der Waals surface area contributed by atoms with E-state index in [2.05, 4.69) is 223 Å². The van der Waals surface area contributed by atoms with Gasteiger partial charge in [-0.2, -0.15) is 0 Å². The number of nitrogens with zero attached hydrogens (tertiary/aromatic N) is 4. The van der Waals surface area contributed by atoms with Gasteiger partial charge in [0.25, 0.3) is 0 Å². The topological polar surface area (TPSA) is 33.5 Å². The van der Waals surface area contributed by atoms with Crippen molar-refractivity contribution >= 4 is 44.6 Å². The van der Waals surface area contributed by atoms with Gasteiger partial charge < -0.3 is 14.5 Å². The van der Waals surface area contributed by atoms with Gasteiger partial charge in [0.05, 0.1) is 22.4 Å². The summed E-state index contributed by atoms with van der Waals surface area (Å²) in [6.45, 7) is 23.3. The lowest BCUT2D eigenvalue weighted by atomic mass is 9.78. The van der Waals surface area contributed by atoms with Gasteiger partial charge in [-0.25, -0.2) is 4.98 Å². The number of aryl methyl sites for hydroxylation is 2. The van der Waals surface area contributed by atoms with Crippen LogP contribution in [0.5, 0.6) is 11.5 Å². The van der Waals surface area contributed by atoms with E-state index in [0.29, 0.717) is 6.67 Å². The molecule has 9 rings (SSSR count). The van der Waals surface area contributed by atoms with Crippen LogP contribution >= 0.6 is 0 Å². The van der Waals surface area contributed by atoms with E-state index < -0.39 is 0 Å². The number of benzene rings is 6. The third kappa shape index (κ3) is 7.00. The summed E-state index contributed by atoms with van der Waals surface area (Å²) >= 11 is 0. The van der Waals surface area contributed by atoms with E-state index in [0.717, 1.165) is 34.0 Å². The Kier molecular flexibility index (Phi) is 9.42. The molecular weight excluding hydrogens is 733 g/mol. The number of fused-ring (bicyclic) bond motifs is 4. The highest BCUT2D eigenvalue weighted by atomic mass is 16.5. The van der Waals surface area contributed by atoms with Gasteiger partial charge in [0.2, 0.25) is 0 Å². The number of ether oxygens (including phenoxy) is 1. The average molecular weight is 789 g/mol. The Morgan fingerprint density at radius 2 is 1.12 bits per heavy atom. The second-order valence-electron chi connectivity index (χ2n) is 19.2. The molecule has 0 radical (unpaired) electrons. The van der Waals surface area contributed by atoms with E-state index in [1.54, 1.807) is 0 Å². The van der Waals surface area contributed by atoms with Crippen LogP contribution in [-0.2, 0) is 16.2 Å². The molecule has 0 aliphatic carbocycles. The molecule has 1 aliphatic rings. The van der Waals surface area contributed by atoms with E-state index in [4.69, 9.17) is 9.72 Å². The second-order valence-corrected chi connectivity index (χ2v) is 19.2. The van der Waals surface area contributed by atoms with Gasteiger partial charge in [-0.15, -0.1) is 0 Å². The first-order chi connectivity index (χ1) is 28.6. The molecular formula is C55H56N4O. The molecule has 5 nitrogen and oxygen atoms in total. The minimum Gasteiger partial charge on any atom is -0.457 e. The molecule has 0 amide bonds. The fourth-order valence-corrected chi connectivity index (χ4v) is 8.67. The van der Waals surface area contributed by atoms with Crippen molar-refractivity contribution in [2.24, 2.45) is 0 Å². The highest BCUT2D eigenvalue weighted by Crippen LogP contribution is 2.48. The third-order valence-electron chi connectivity index (χ3n) is 12.6. The van der Waals surface area contributed by atoms with E-state index >= 15 is 0 Å². The van der Waals surface area contributed by atoms with Gasteiger partial charge in [0.15, 0.2) is 0 Å². The number of hydrogen-bond donors (Lipinski definition) is 0. The summed E-state index contributed by atoms with van der Waals surface area (Å²) in [5.41, 5.74) is 14.2. The average Bonchev–Trinajstić information content (AvgIpc) is 3.76. The Bertz CT molecular complexity index is 2910. The van der Waals surface area contributed by atoms with Crippen LogP contribution in [0.25, 0.3) is 27.6 Å². The number of anilines is 4. The second kappa shape index (κ2) is 14.4. The van der Waals surface area contributed by atoms with E-state index in [1.165, 1.54) is 61.2 Å². The summed E-state index contributed by atoms with van der Waals surface area (Å²) in [7, 11) is 0. The first-order valence-corrected chi connectivity index (χ1v) is 21.2. The summed E-state index contributed by atoms with van der Waals surface area (Å²) in [5.74, 6) is 2.49. The Hall–Kier alpha value is -6.33. The zero-order chi connectivity index (χ0) is 42.1. The van der Waals surface area contributed by atoms with Crippen molar-refractivity contribution in [3.8, 4) is 17.3 Å². The Labute approximate surface area is 355 Å². The van der Waals surface area contributed by atoms with Crippen molar-refractivity contribution in [3.63, 3.8) is 0 Å². The normalized spacial score (nSPS) is 13.4. The predicted octanol–water partition coefficient (Wildman–Crippen LogP) is 14.8. The number of pyridine rings is 1. The molecule has 0 unspecified atom stereocenters. The predicted molar refractivity (Wildman–Crippen MR) is 253 cm³/mol. The minimum atomic E-state index is -0.152. The molecule has 60 heavy (non-hydrogen) atoms. The molecule has 1 aliphatic heterocycles. The van der Waals surface area contributed by atoms with E-state index in [1.807, 2.05) is 6.20 Å². The lowest BCUT2D eigenvalue weighted by Crippen LogP contribution is -2.25. The fourth-order valence-electron chi connectivity index (χ4n) is 8.67. The molecule has 2 aromatic heterocycles. The van der Waals surface area contributed by atoms with Crippen molar-refractivity contribution in [3.05, 3.63) is 179 Å². The minimum absolute atomic E-state index is 0.00572. The van der Waals surface area contributed by atoms with Crippen molar-refractivity contribution in [2.75, 3.05) is 16.5 Å². The number of rotatable bonds is 7. The summed E-state index contributed by atoms with van der Waals surface area (Å²) in [6, 6.07) is 50.8. The van der Waals surface area contributed by atoms with Crippen LogP contribution in [0.1, 0.15) is 88.8 Å². The highest BCUT2D eigenvalue weighted by Gasteiger charge is 2.32. The fraction of sp³-hybridized carbons (Fsp3) is 0.255. The Morgan fingerprint density at radius 3 is 1.83 bits per heavy atom. The molecule has 8 aromatic rings. The van der Waals surface area contributed by atoms with Gasteiger partial charge in [0.1, 0.15) is 24.0 Å².